The monoisotopic (exact) mass is 493 g/mol. The molecule has 0 unspecified atom stereocenters. The smallest absolute Gasteiger partial charge is 0.418 e. The first-order valence-corrected chi connectivity index (χ1v) is 12.7. The Hall–Kier alpha value is -1.45. The molecule has 0 bridgehead atoms. The SMILES string of the molecule is Cc1c(C(F)(F)F)cnc(Oc2ccc(F)cc2CO[Si-](C)(C)C(C)(C)C)c1Br. The molecule has 0 saturated heterocycles. The van der Waals surface area contributed by atoms with Gasteiger partial charge in [0.25, 0.3) is 0 Å². The number of nitrogens with zero attached hydrogens (tertiary/aromatic N) is 1. The van der Waals surface area contributed by atoms with Gasteiger partial charge in [-0.25, -0.2) is 9.37 Å². The van der Waals surface area contributed by atoms with Crippen molar-refractivity contribution in [3.63, 3.8) is 0 Å². The molecule has 0 aliphatic heterocycles. The normalized spacial score (nSPS) is 12.9. The summed E-state index contributed by atoms with van der Waals surface area (Å²) in [7, 11) is -2.10. The fourth-order valence-corrected chi connectivity index (χ4v) is 3.60. The Morgan fingerprint density at radius 2 is 1.76 bits per heavy atom. The largest absolute Gasteiger partial charge is 0.561 e. The molecule has 161 valence electrons. The van der Waals surface area contributed by atoms with Crippen molar-refractivity contribution in [2.75, 3.05) is 0 Å². The van der Waals surface area contributed by atoms with Crippen LogP contribution in [0.15, 0.2) is 28.9 Å². The van der Waals surface area contributed by atoms with Gasteiger partial charge in [0.05, 0.1) is 10.0 Å². The van der Waals surface area contributed by atoms with E-state index >= 15 is 0 Å². The maximum Gasteiger partial charge on any atom is 0.418 e. The van der Waals surface area contributed by atoms with Crippen molar-refractivity contribution < 1.29 is 26.7 Å². The van der Waals surface area contributed by atoms with Crippen LogP contribution in [0.4, 0.5) is 17.6 Å². The van der Waals surface area contributed by atoms with Gasteiger partial charge in [-0.1, -0.05) is 20.8 Å². The molecule has 2 aromatic rings. The average molecular weight is 494 g/mol. The Bertz CT molecular complexity index is 895. The van der Waals surface area contributed by atoms with Crippen LogP contribution in [0.3, 0.4) is 0 Å². The highest BCUT2D eigenvalue weighted by Crippen LogP contribution is 2.40. The Morgan fingerprint density at radius 1 is 1.14 bits per heavy atom. The lowest BCUT2D eigenvalue weighted by Crippen LogP contribution is -2.40. The summed E-state index contributed by atoms with van der Waals surface area (Å²) in [6.45, 7) is 11.9. The second kappa shape index (κ2) is 8.35. The van der Waals surface area contributed by atoms with Gasteiger partial charge in [-0.2, -0.15) is 13.2 Å². The van der Waals surface area contributed by atoms with Crippen LogP contribution in [-0.4, -0.2) is 13.3 Å². The zero-order chi connectivity index (χ0) is 22.2. The quantitative estimate of drug-likeness (QED) is 0.317. The van der Waals surface area contributed by atoms with Crippen molar-refractivity contribution in [1.29, 1.82) is 0 Å². The Labute approximate surface area is 177 Å². The van der Waals surface area contributed by atoms with Crippen molar-refractivity contribution in [1.82, 2.24) is 4.98 Å². The van der Waals surface area contributed by atoms with Gasteiger partial charge < -0.3 is 9.16 Å². The highest BCUT2D eigenvalue weighted by atomic mass is 79.9. The molecule has 0 aliphatic carbocycles. The summed E-state index contributed by atoms with van der Waals surface area (Å²) in [4.78, 5) is 3.80. The second-order valence-corrected chi connectivity index (χ2v) is 13.9. The maximum atomic E-state index is 13.8. The molecular formula is C20H24BrF4NO2Si-. The zero-order valence-corrected chi connectivity index (χ0v) is 19.8. The molecule has 9 heteroatoms. The molecule has 1 aromatic carbocycles. The van der Waals surface area contributed by atoms with Gasteiger partial charge >= 0.3 is 6.18 Å². The summed E-state index contributed by atoms with van der Waals surface area (Å²) in [5.41, 5.74) is -0.429. The van der Waals surface area contributed by atoms with Crippen molar-refractivity contribution in [2.24, 2.45) is 0 Å². The van der Waals surface area contributed by atoms with Gasteiger partial charge in [-0.05, 0) is 54.9 Å². The third-order valence-electron chi connectivity index (χ3n) is 5.16. The van der Waals surface area contributed by atoms with E-state index in [0.717, 1.165) is 6.20 Å². The lowest BCUT2D eigenvalue weighted by atomic mass is 10.1. The summed E-state index contributed by atoms with van der Waals surface area (Å²) in [5, 5.41) is -0.0313. The number of ether oxygens (including phenoxy) is 1. The highest BCUT2D eigenvalue weighted by Gasteiger charge is 2.34. The Balaban J connectivity index is 2.34. The van der Waals surface area contributed by atoms with Crippen LogP contribution in [0.1, 0.15) is 37.5 Å². The van der Waals surface area contributed by atoms with Crippen molar-refractivity contribution in [2.45, 2.75) is 58.6 Å². The van der Waals surface area contributed by atoms with Gasteiger partial charge in [0, 0.05) is 18.4 Å². The van der Waals surface area contributed by atoms with E-state index in [1.54, 1.807) is 0 Å². The minimum atomic E-state index is -4.52. The van der Waals surface area contributed by atoms with Gasteiger partial charge in [-0.15, -0.1) is 18.1 Å². The third kappa shape index (κ3) is 5.58. The number of benzene rings is 1. The van der Waals surface area contributed by atoms with Crippen LogP contribution in [0.2, 0.25) is 18.1 Å². The number of pyridine rings is 1. The fourth-order valence-electron chi connectivity index (χ4n) is 2.25. The lowest BCUT2D eigenvalue weighted by Gasteiger charge is -2.48. The van der Waals surface area contributed by atoms with Crippen LogP contribution < -0.4 is 4.74 Å². The minimum Gasteiger partial charge on any atom is -0.561 e. The minimum absolute atomic E-state index is 0.0313. The van der Waals surface area contributed by atoms with E-state index in [9.17, 15) is 17.6 Å². The molecule has 3 nitrogen and oxygen atoms in total. The van der Waals surface area contributed by atoms with Gasteiger partial charge in [0.1, 0.15) is 11.6 Å². The summed E-state index contributed by atoms with van der Waals surface area (Å²) < 4.78 is 64.9. The first kappa shape index (κ1) is 23.8. The zero-order valence-electron chi connectivity index (χ0n) is 17.2. The molecule has 0 aliphatic rings. The molecule has 2 rings (SSSR count). The van der Waals surface area contributed by atoms with Crippen molar-refractivity contribution >= 4 is 24.2 Å². The molecule has 1 heterocycles. The molecule has 0 saturated carbocycles. The highest BCUT2D eigenvalue weighted by molar-refractivity contribution is 9.10. The van der Waals surface area contributed by atoms with E-state index in [2.05, 4.69) is 54.8 Å². The number of alkyl halides is 3. The lowest BCUT2D eigenvalue weighted by molar-refractivity contribution is -0.138. The number of halogens is 5. The number of aromatic nitrogens is 1. The predicted octanol–water partition coefficient (Wildman–Crippen LogP) is 7.62. The topological polar surface area (TPSA) is 31.4 Å². The Kier molecular flexibility index (Phi) is 6.86. The summed E-state index contributed by atoms with van der Waals surface area (Å²) in [6, 6.07) is 3.93. The number of hydrogen-bond acceptors (Lipinski definition) is 3. The van der Waals surface area contributed by atoms with Gasteiger partial charge in [0.15, 0.2) is 0 Å². The van der Waals surface area contributed by atoms with Gasteiger partial charge in [-0.3, -0.25) is 0 Å². The van der Waals surface area contributed by atoms with Gasteiger partial charge in [0.2, 0.25) is 5.88 Å². The summed E-state index contributed by atoms with van der Waals surface area (Å²) >= 11 is 3.13. The van der Waals surface area contributed by atoms with E-state index in [0.29, 0.717) is 5.56 Å². The molecule has 0 atom stereocenters. The van der Waals surface area contributed by atoms with E-state index in [1.165, 1.54) is 25.1 Å². The first-order chi connectivity index (χ1) is 13.1. The van der Waals surface area contributed by atoms with E-state index in [-0.39, 0.29) is 33.3 Å². The predicted molar refractivity (Wildman–Crippen MR) is 110 cm³/mol. The molecule has 0 fully saturated rings. The second-order valence-electron chi connectivity index (χ2n) is 8.32. The molecular weight excluding hydrogens is 470 g/mol. The molecule has 0 amide bonds. The first-order valence-electron chi connectivity index (χ1n) is 8.96. The van der Waals surface area contributed by atoms with Crippen LogP contribution in [0.5, 0.6) is 11.6 Å². The Morgan fingerprint density at radius 3 is 2.31 bits per heavy atom. The fraction of sp³-hybridized carbons (Fsp3) is 0.450. The van der Waals surface area contributed by atoms with Crippen LogP contribution >= 0.6 is 15.9 Å². The number of rotatable bonds is 5. The standard InChI is InChI=1S/C20H24BrF4NO2Si/c1-12-15(20(23,24)25)10-26-18(17(12)21)28-16-8-7-14(22)9-13(16)11-27-29(5,6)19(2,3)4/h7-10H,11H2,1-6H3/q-1. The number of hydrogen-bond donors (Lipinski definition) is 0. The maximum absolute atomic E-state index is 13.8. The summed E-state index contributed by atoms with van der Waals surface area (Å²) in [6.07, 6.45) is -3.79. The van der Waals surface area contributed by atoms with Crippen LogP contribution in [-0.2, 0) is 17.2 Å². The molecule has 1 aromatic heterocycles. The molecule has 0 spiro atoms. The molecule has 0 radical (unpaired) electrons. The van der Waals surface area contributed by atoms with Crippen LogP contribution in [0, 0.1) is 12.7 Å². The third-order valence-corrected chi connectivity index (χ3v) is 10.6. The molecule has 0 N–H and O–H groups in total. The van der Waals surface area contributed by atoms with Crippen molar-refractivity contribution in [3.05, 3.63) is 51.4 Å². The van der Waals surface area contributed by atoms with Crippen LogP contribution in [0.25, 0.3) is 0 Å². The molecule has 29 heavy (non-hydrogen) atoms. The van der Waals surface area contributed by atoms with E-state index in [4.69, 9.17) is 9.16 Å². The summed E-state index contributed by atoms with van der Waals surface area (Å²) in [5.74, 6) is -0.213. The van der Waals surface area contributed by atoms with E-state index < -0.39 is 25.9 Å². The van der Waals surface area contributed by atoms with E-state index in [1.807, 2.05) is 0 Å². The van der Waals surface area contributed by atoms with Crippen molar-refractivity contribution in [3.8, 4) is 11.6 Å². The average Bonchev–Trinajstić information content (AvgIpc) is 2.57.